The van der Waals surface area contributed by atoms with Crippen LogP contribution < -0.4 is 5.32 Å². The molecule has 1 aromatic rings. The Morgan fingerprint density at radius 2 is 1.85 bits per heavy atom. The van der Waals surface area contributed by atoms with Gasteiger partial charge in [-0.25, -0.2) is 0 Å². The zero-order valence-electron chi connectivity index (χ0n) is 12.0. The minimum Gasteiger partial charge on any atom is -0.464 e. The number of alkyl halides is 1. The highest BCUT2D eigenvalue weighted by Gasteiger charge is 2.14. The van der Waals surface area contributed by atoms with E-state index in [4.69, 9.17) is 16.3 Å². The van der Waals surface area contributed by atoms with Gasteiger partial charge in [0.25, 0.3) is 5.91 Å². The van der Waals surface area contributed by atoms with Crippen LogP contribution in [0.4, 0.5) is 0 Å². The molecule has 0 aliphatic heterocycles. The molecule has 0 aliphatic rings. The van der Waals surface area contributed by atoms with E-state index in [0.29, 0.717) is 5.56 Å². The molecule has 1 amide bonds. The number of ether oxygens (including phenoxy) is 1. The molecule has 0 aromatic heterocycles. The summed E-state index contributed by atoms with van der Waals surface area (Å²) >= 11 is 5.43. The highest BCUT2D eigenvalue weighted by Crippen LogP contribution is 2.09. The van der Waals surface area contributed by atoms with E-state index in [1.165, 1.54) is 0 Å². The van der Waals surface area contributed by atoms with Crippen molar-refractivity contribution in [3.8, 4) is 0 Å². The Bertz CT molecular complexity index is 468. The fourth-order valence-electron chi connectivity index (χ4n) is 1.93. The third kappa shape index (κ3) is 5.61. The lowest BCUT2D eigenvalue weighted by Gasteiger charge is -2.14. The second-order valence-electron chi connectivity index (χ2n) is 4.86. The SMILES string of the molecule is Cc1cc(C)cc(C(=O)NC(C)CC(=O)OCCCl)c1. The summed E-state index contributed by atoms with van der Waals surface area (Å²) in [4.78, 5) is 23.5. The smallest absolute Gasteiger partial charge is 0.307 e. The topological polar surface area (TPSA) is 55.4 Å². The molecule has 1 rings (SSSR count). The summed E-state index contributed by atoms with van der Waals surface area (Å²) in [5, 5.41) is 2.79. The van der Waals surface area contributed by atoms with E-state index in [2.05, 4.69) is 5.32 Å². The quantitative estimate of drug-likeness (QED) is 0.648. The van der Waals surface area contributed by atoms with Crippen LogP contribution in [-0.4, -0.2) is 30.4 Å². The van der Waals surface area contributed by atoms with Gasteiger partial charge in [-0.15, -0.1) is 11.6 Å². The van der Waals surface area contributed by atoms with Crippen molar-refractivity contribution < 1.29 is 14.3 Å². The van der Waals surface area contributed by atoms with Gasteiger partial charge in [0.05, 0.1) is 12.3 Å². The van der Waals surface area contributed by atoms with Gasteiger partial charge in [0.2, 0.25) is 0 Å². The molecule has 0 saturated carbocycles. The van der Waals surface area contributed by atoms with Crippen LogP contribution in [0.15, 0.2) is 18.2 Å². The van der Waals surface area contributed by atoms with Crippen LogP contribution in [0, 0.1) is 13.8 Å². The van der Waals surface area contributed by atoms with Gasteiger partial charge in [-0.1, -0.05) is 17.2 Å². The van der Waals surface area contributed by atoms with Crippen molar-refractivity contribution in [3.05, 3.63) is 34.9 Å². The van der Waals surface area contributed by atoms with Gasteiger partial charge in [-0.2, -0.15) is 0 Å². The lowest BCUT2D eigenvalue weighted by atomic mass is 10.1. The van der Waals surface area contributed by atoms with Crippen molar-refractivity contribution in [1.29, 1.82) is 0 Å². The van der Waals surface area contributed by atoms with Crippen molar-refractivity contribution >= 4 is 23.5 Å². The van der Waals surface area contributed by atoms with E-state index in [-0.39, 0.29) is 36.8 Å². The number of aryl methyl sites for hydroxylation is 2. The van der Waals surface area contributed by atoms with E-state index in [1.54, 1.807) is 6.92 Å². The maximum Gasteiger partial charge on any atom is 0.307 e. The number of carbonyl (C=O) groups is 2. The molecule has 20 heavy (non-hydrogen) atoms. The third-order valence-corrected chi connectivity index (χ3v) is 2.83. The van der Waals surface area contributed by atoms with Crippen LogP contribution >= 0.6 is 11.6 Å². The largest absolute Gasteiger partial charge is 0.464 e. The summed E-state index contributed by atoms with van der Waals surface area (Å²) in [7, 11) is 0. The Labute approximate surface area is 124 Å². The van der Waals surface area contributed by atoms with Crippen molar-refractivity contribution in [3.63, 3.8) is 0 Å². The van der Waals surface area contributed by atoms with Gasteiger partial charge in [-0.05, 0) is 32.9 Å². The number of esters is 1. The van der Waals surface area contributed by atoms with Gasteiger partial charge in [0.15, 0.2) is 0 Å². The lowest BCUT2D eigenvalue weighted by Crippen LogP contribution is -2.34. The molecule has 5 heteroatoms. The highest BCUT2D eigenvalue weighted by molar-refractivity contribution is 6.18. The summed E-state index contributed by atoms with van der Waals surface area (Å²) in [5.74, 6) is -0.275. The van der Waals surface area contributed by atoms with Crippen LogP contribution in [0.3, 0.4) is 0 Å². The standard InChI is InChI=1S/C15H20ClNO3/c1-10-6-11(2)8-13(7-10)15(19)17-12(3)9-14(18)20-5-4-16/h6-8,12H,4-5,9H2,1-3H3,(H,17,19). The number of carbonyl (C=O) groups excluding carboxylic acids is 2. The Kier molecular flexibility index (Phi) is 6.52. The minimum atomic E-state index is -0.362. The maximum atomic E-state index is 12.1. The first-order chi connectivity index (χ1) is 9.42. The fraction of sp³-hybridized carbons (Fsp3) is 0.467. The number of hydrogen-bond acceptors (Lipinski definition) is 3. The first-order valence-corrected chi connectivity index (χ1v) is 7.06. The average molecular weight is 298 g/mol. The number of hydrogen-bond donors (Lipinski definition) is 1. The summed E-state index contributed by atoms with van der Waals surface area (Å²) in [5.41, 5.74) is 2.66. The van der Waals surface area contributed by atoms with Crippen LogP contribution in [0.25, 0.3) is 0 Å². The Hall–Kier alpha value is -1.55. The zero-order chi connectivity index (χ0) is 15.1. The Balaban J connectivity index is 2.54. The van der Waals surface area contributed by atoms with Gasteiger partial charge >= 0.3 is 5.97 Å². The summed E-state index contributed by atoms with van der Waals surface area (Å²) < 4.78 is 4.87. The fourth-order valence-corrected chi connectivity index (χ4v) is 2.00. The number of benzene rings is 1. The molecule has 0 heterocycles. The predicted octanol–water partition coefficient (Wildman–Crippen LogP) is 2.59. The molecule has 0 saturated heterocycles. The van der Waals surface area contributed by atoms with Gasteiger partial charge in [-0.3, -0.25) is 9.59 Å². The summed E-state index contributed by atoms with van der Waals surface area (Å²) in [6, 6.07) is 5.36. The Morgan fingerprint density at radius 3 is 2.40 bits per heavy atom. The van der Waals surface area contributed by atoms with E-state index in [0.717, 1.165) is 11.1 Å². The molecule has 110 valence electrons. The number of amides is 1. The normalized spacial score (nSPS) is 11.8. The van der Waals surface area contributed by atoms with Crippen molar-refractivity contribution in [2.45, 2.75) is 33.2 Å². The molecular formula is C15H20ClNO3. The number of halogens is 1. The van der Waals surface area contributed by atoms with Gasteiger partial charge in [0, 0.05) is 11.6 Å². The number of rotatable bonds is 6. The van der Waals surface area contributed by atoms with E-state index < -0.39 is 0 Å². The van der Waals surface area contributed by atoms with Crippen molar-refractivity contribution in [1.82, 2.24) is 5.32 Å². The highest BCUT2D eigenvalue weighted by atomic mass is 35.5. The van der Waals surface area contributed by atoms with Crippen LogP contribution in [0.1, 0.15) is 34.8 Å². The predicted molar refractivity (Wildman–Crippen MR) is 79.1 cm³/mol. The maximum absolute atomic E-state index is 12.1. The molecule has 4 nitrogen and oxygen atoms in total. The second kappa shape index (κ2) is 7.90. The monoisotopic (exact) mass is 297 g/mol. The number of nitrogens with one attached hydrogen (secondary N) is 1. The average Bonchev–Trinajstić information content (AvgIpc) is 2.34. The van der Waals surface area contributed by atoms with Crippen molar-refractivity contribution in [2.75, 3.05) is 12.5 Å². The summed E-state index contributed by atoms with van der Waals surface area (Å²) in [6.07, 6.45) is 0.132. The zero-order valence-corrected chi connectivity index (χ0v) is 12.8. The molecule has 0 bridgehead atoms. The second-order valence-corrected chi connectivity index (χ2v) is 5.24. The molecule has 0 radical (unpaired) electrons. The van der Waals surface area contributed by atoms with E-state index >= 15 is 0 Å². The molecule has 0 spiro atoms. The molecule has 1 unspecified atom stereocenters. The minimum absolute atomic E-state index is 0.132. The van der Waals surface area contributed by atoms with E-state index in [1.807, 2.05) is 32.0 Å². The first-order valence-electron chi connectivity index (χ1n) is 6.53. The van der Waals surface area contributed by atoms with Crippen LogP contribution in [-0.2, 0) is 9.53 Å². The van der Waals surface area contributed by atoms with Crippen LogP contribution in [0.5, 0.6) is 0 Å². The van der Waals surface area contributed by atoms with E-state index in [9.17, 15) is 9.59 Å². The molecule has 0 aliphatic carbocycles. The molecule has 1 atom stereocenters. The van der Waals surface area contributed by atoms with Crippen LogP contribution in [0.2, 0.25) is 0 Å². The molecular weight excluding hydrogens is 278 g/mol. The molecule has 0 fully saturated rings. The first kappa shape index (κ1) is 16.5. The molecule has 1 aromatic carbocycles. The third-order valence-electron chi connectivity index (χ3n) is 2.67. The van der Waals surface area contributed by atoms with Crippen molar-refractivity contribution in [2.24, 2.45) is 0 Å². The lowest BCUT2D eigenvalue weighted by molar-refractivity contribution is -0.143. The summed E-state index contributed by atoms with van der Waals surface area (Å²) in [6.45, 7) is 5.84. The molecule has 1 N–H and O–H groups in total. The Morgan fingerprint density at radius 1 is 1.25 bits per heavy atom. The van der Waals surface area contributed by atoms with Gasteiger partial charge < -0.3 is 10.1 Å². The van der Waals surface area contributed by atoms with Gasteiger partial charge in [0.1, 0.15) is 6.61 Å².